The summed E-state index contributed by atoms with van der Waals surface area (Å²) in [4.78, 5) is 14.5. The van der Waals surface area contributed by atoms with Crippen molar-refractivity contribution >= 4 is 0 Å². The van der Waals surface area contributed by atoms with E-state index in [1.54, 1.807) is 0 Å². The molecule has 0 N–H and O–H groups in total. The number of hydrogen-bond donors (Lipinski definition) is 0. The molecule has 0 amide bonds. The maximum atomic E-state index is 4.85. The summed E-state index contributed by atoms with van der Waals surface area (Å²) in [5.74, 6) is 2.16. The van der Waals surface area contributed by atoms with E-state index in [0.717, 1.165) is 17.0 Å². The van der Waals surface area contributed by atoms with Gasteiger partial charge >= 0.3 is 0 Å². The Labute approximate surface area is 159 Å². The Morgan fingerprint density at radius 2 is 0.926 bits per heavy atom. The van der Waals surface area contributed by atoms with Crippen LogP contribution in [-0.4, -0.2) is 15.0 Å². The van der Waals surface area contributed by atoms with Crippen molar-refractivity contribution in [1.29, 1.82) is 0 Å². The third-order valence-corrected chi connectivity index (χ3v) is 4.75. The van der Waals surface area contributed by atoms with Crippen LogP contribution in [0.3, 0.4) is 0 Å². The van der Waals surface area contributed by atoms with Crippen LogP contribution in [0.1, 0.15) is 25.2 Å². The molecule has 0 saturated heterocycles. The summed E-state index contributed by atoms with van der Waals surface area (Å²) in [6, 6.07) is 30.5. The second-order valence-corrected chi connectivity index (χ2v) is 7.03. The van der Waals surface area contributed by atoms with Gasteiger partial charge in [-0.05, 0) is 19.4 Å². The van der Waals surface area contributed by atoms with Gasteiger partial charge in [0.1, 0.15) is 5.82 Å². The highest BCUT2D eigenvalue weighted by Crippen LogP contribution is 2.31. The average Bonchev–Trinajstić information content (AvgIpc) is 2.75. The molecule has 0 bridgehead atoms. The van der Waals surface area contributed by atoms with Crippen molar-refractivity contribution < 1.29 is 0 Å². The van der Waals surface area contributed by atoms with Crippen LogP contribution in [0.25, 0.3) is 22.8 Å². The van der Waals surface area contributed by atoms with Crippen LogP contribution in [0, 0.1) is 0 Å². The third-order valence-electron chi connectivity index (χ3n) is 4.75. The van der Waals surface area contributed by atoms with Crippen molar-refractivity contribution in [2.45, 2.75) is 19.3 Å². The van der Waals surface area contributed by atoms with Crippen LogP contribution in [0.2, 0.25) is 0 Å². The smallest absolute Gasteiger partial charge is 0.163 e. The summed E-state index contributed by atoms with van der Waals surface area (Å²) in [6.45, 7) is 4.31. The van der Waals surface area contributed by atoms with Gasteiger partial charge in [-0.15, -0.1) is 0 Å². The zero-order valence-corrected chi connectivity index (χ0v) is 15.5. The van der Waals surface area contributed by atoms with Gasteiger partial charge in [0, 0.05) is 16.5 Å². The number of rotatable bonds is 4. The van der Waals surface area contributed by atoms with Gasteiger partial charge in [0.25, 0.3) is 0 Å². The summed E-state index contributed by atoms with van der Waals surface area (Å²) in [5.41, 5.74) is 2.82. The molecule has 0 saturated carbocycles. The summed E-state index contributed by atoms with van der Waals surface area (Å²) in [6.07, 6.45) is 0. The predicted octanol–water partition coefficient (Wildman–Crippen LogP) is 5.53. The van der Waals surface area contributed by atoms with E-state index in [1.165, 1.54) is 5.56 Å². The van der Waals surface area contributed by atoms with Crippen molar-refractivity contribution in [1.82, 2.24) is 15.0 Å². The lowest BCUT2D eigenvalue weighted by atomic mass is 9.83. The van der Waals surface area contributed by atoms with E-state index in [0.29, 0.717) is 11.6 Å². The van der Waals surface area contributed by atoms with Crippen molar-refractivity contribution in [3.8, 4) is 22.8 Å². The largest absolute Gasteiger partial charge is 0.212 e. The van der Waals surface area contributed by atoms with Gasteiger partial charge in [-0.2, -0.15) is 0 Å². The van der Waals surface area contributed by atoms with Crippen LogP contribution >= 0.6 is 0 Å². The molecule has 4 aromatic rings. The Morgan fingerprint density at radius 1 is 0.519 bits per heavy atom. The molecule has 0 radical (unpaired) electrons. The van der Waals surface area contributed by atoms with Crippen molar-refractivity contribution in [3.05, 3.63) is 102 Å². The van der Waals surface area contributed by atoms with E-state index < -0.39 is 0 Å². The van der Waals surface area contributed by atoms with Crippen LogP contribution in [0.4, 0.5) is 0 Å². The maximum absolute atomic E-state index is 4.85. The fourth-order valence-corrected chi connectivity index (χ4v) is 3.07. The fraction of sp³-hybridized carbons (Fsp3) is 0.125. The van der Waals surface area contributed by atoms with Gasteiger partial charge in [-0.25, -0.2) is 15.0 Å². The molecule has 132 valence electrons. The van der Waals surface area contributed by atoms with Crippen LogP contribution in [0.5, 0.6) is 0 Å². The van der Waals surface area contributed by atoms with Gasteiger partial charge < -0.3 is 0 Å². The van der Waals surface area contributed by atoms with Gasteiger partial charge in [-0.3, -0.25) is 0 Å². The van der Waals surface area contributed by atoms with E-state index in [2.05, 4.69) is 38.1 Å². The third kappa shape index (κ3) is 3.49. The Kier molecular flexibility index (Phi) is 4.51. The van der Waals surface area contributed by atoms with Gasteiger partial charge in [0.15, 0.2) is 11.6 Å². The molecule has 0 aliphatic heterocycles. The van der Waals surface area contributed by atoms with E-state index in [1.807, 2.05) is 66.7 Å². The minimum Gasteiger partial charge on any atom is -0.212 e. The molecule has 0 unspecified atom stereocenters. The second-order valence-electron chi connectivity index (χ2n) is 7.03. The van der Waals surface area contributed by atoms with Crippen LogP contribution in [-0.2, 0) is 5.41 Å². The van der Waals surface area contributed by atoms with E-state index in [-0.39, 0.29) is 5.41 Å². The number of nitrogens with zero attached hydrogens (tertiary/aromatic N) is 3. The Morgan fingerprint density at radius 3 is 1.37 bits per heavy atom. The quantitative estimate of drug-likeness (QED) is 0.485. The highest BCUT2D eigenvalue weighted by atomic mass is 15.0. The zero-order valence-electron chi connectivity index (χ0n) is 15.5. The highest BCUT2D eigenvalue weighted by molar-refractivity contribution is 5.61. The minimum atomic E-state index is -0.336. The maximum Gasteiger partial charge on any atom is 0.163 e. The lowest BCUT2D eigenvalue weighted by Crippen LogP contribution is -2.23. The normalized spacial score (nSPS) is 11.3. The molecular weight excluding hydrogens is 330 g/mol. The summed E-state index contributed by atoms with van der Waals surface area (Å²) in [5, 5.41) is 0. The number of benzene rings is 3. The molecule has 3 aromatic carbocycles. The molecule has 27 heavy (non-hydrogen) atoms. The lowest BCUT2D eigenvalue weighted by Gasteiger charge is -2.24. The monoisotopic (exact) mass is 351 g/mol. The van der Waals surface area contributed by atoms with Gasteiger partial charge in [0.05, 0.1) is 0 Å². The summed E-state index contributed by atoms with van der Waals surface area (Å²) in [7, 11) is 0. The van der Waals surface area contributed by atoms with E-state index in [4.69, 9.17) is 15.0 Å². The molecule has 1 heterocycles. The molecule has 1 aromatic heterocycles. The highest BCUT2D eigenvalue weighted by Gasteiger charge is 2.28. The molecule has 0 spiro atoms. The summed E-state index contributed by atoms with van der Waals surface area (Å²) >= 11 is 0. The molecular formula is C24H21N3. The zero-order chi connectivity index (χ0) is 18.7. The Balaban J connectivity index is 1.91. The Hall–Kier alpha value is -3.33. The predicted molar refractivity (Wildman–Crippen MR) is 109 cm³/mol. The summed E-state index contributed by atoms with van der Waals surface area (Å²) < 4.78 is 0. The molecule has 3 heteroatoms. The van der Waals surface area contributed by atoms with Crippen molar-refractivity contribution in [3.63, 3.8) is 0 Å². The molecule has 0 atom stereocenters. The topological polar surface area (TPSA) is 38.7 Å². The van der Waals surface area contributed by atoms with E-state index >= 15 is 0 Å². The molecule has 0 fully saturated rings. The van der Waals surface area contributed by atoms with Gasteiger partial charge in [0.2, 0.25) is 0 Å². The van der Waals surface area contributed by atoms with E-state index in [9.17, 15) is 0 Å². The van der Waals surface area contributed by atoms with Gasteiger partial charge in [-0.1, -0.05) is 91.0 Å². The van der Waals surface area contributed by atoms with Crippen molar-refractivity contribution in [2.24, 2.45) is 0 Å². The van der Waals surface area contributed by atoms with Crippen molar-refractivity contribution in [2.75, 3.05) is 0 Å². The standard InChI is InChI=1S/C24H21N3/c1-24(2,20-16-10-5-11-17-20)23-26-21(18-12-6-3-7-13-18)25-22(27-23)19-14-8-4-9-15-19/h3-17H,1-2H3. The lowest BCUT2D eigenvalue weighted by molar-refractivity contribution is 0.588. The second kappa shape index (κ2) is 7.12. The molecule has 0 aliphatic carbocycles. The Bertz CT molecular complexity index is 969. The molecule has 0 aliphatic rings. The first-order valence-electron chi connectivity index (χ1n) is 9.07. The SMILES string of the molecule is CC(C)(c1ccccc1)c1nc(-c2ccccc2)nc(-c2ccccc2)n1. The molecule has 3 nitrogen and oxygen atoms in total. The minimum absolute atomic E-state index is 0.336. The van der Waals surface area contributed by atoms with Crippen LogP contribution in [0.15, 0.2) is 91.0 Å². The first-order valence-corrected chi connectivity index (χ1v) is 9.07. The van der Waals surface area contributed by atoms with Crippen LogP contribution < -0.4 is 0 Å². The first-order chi connectivity index (χ1) is 13.1. The first kappa shape index (κ1) is 17.1. The molecule has 4 rings (SSSR count). The fourth-order valence-electron chi connectivity index (χ4n) is 3.07. The number of hydrogen-bond acceptors (Lipinski definition) is 3. The average molecular weight is 351 g/mol. The number of aromatic nitrogens is 3.